The molecule has 106 valence electrons. The molecule has 2 aromatic heterocycles. The van der Waals surface area contributed by atoms with Crippen LogP contribution in [0.15, 0.2) is 45.4 Å². The van der Waals surface area contributed by atoms with Crippen LogP contribution in [-0.4, -0.2) is 16.7 Å². The predicted octanol–water partition coefficient (Wildman–Crippen LogP) is 3.24. The highest BCUT2D eigenvalue weighted by atomic mass is 16.5. The smallest absolute Gasteiger partial charge is 0.220 e. The summed E-state index contributed by atoms with van der Waals surface area (Å²) in [5, 5.41) is 7.92. The molecule has 1 amide bonds. The van der Waals surface area contributed by atoms with Crippen LogP contribution < -0.4 is 4.90 Å². The monoisotopic (exact) mass is 283 g/mol. The van der Waals surface area contributed by atoms with E-state index in [1.165, 1.54) is 4.90 Å². The molecule has 0 unspecified atom stereocenters. The quantitative estimate of drug-likeness (QED) is 0.687. The van der Waals surface area contributed by atoms with Gasteiger partial charge in [-0.05, 0) is 13.8 Å². The Morgan fingerprint density at radius 1 is 1.10 bits per heavy atom. The third-order valence-corrected chi connectivity index (χ3v) is 3.09. The lowest BCUT2D eigenvalue weighted by molar-refractivity contribution is -0.106. The van der Waals surface area contributed by atoms with E-state index >= 15 is 0 Å². The summed E-state index contributed by atoms with van der Waals surface area (Å²) in [5.74, 6) is 1.54. The van der Waals surface area contributed by atoms with Crippen LogP contribution in [0.4, 0.5) is 11.5 Å². The van der Waals surface area contributed by atoms with Crippen LogP contribution in [0.25, 0.3) is 11.3 Å². The van der Waals surface area contributed by atoms with Crippen molar-refractivity contribution in [2.45, 2.75) is 13.8 Å². The predicted molar refractivity (Wildman–Crippen MR) is 76.1 cm³/mol. The molecule has 0 aliphatic rings. The van der Waals surface area contributed by atoms with E-state index in [2.05, 4.69) is 10.3 Å². The molecule has 3 rings (SSSR count). The van der Waals surface area contributed by atoms with Gasteiger partial charge in [0.15, 0.2) is 11.6 Å². The standard InChI is InChI=1S/C15H13N3O3/c1-10-8-13(16-20-10)18(9-19)15-11(2)21-17-14(15)12-6-4-3-5-7-12/h3-9H,1-2H3. The van der Waals surface area contributed by atoms with Crippen molar-refractivity contribution >= 4 is 17.9 Å². The minimum atomic E-state index is 0.394. The number of hydrogen-bond acceptors (Lipinski definition) is 5. The molecule has 1 aromatic carbocycles. The molecule has 0 bridgehead atoms. The zero-order valence-electron chi connectivity index (χ0n) is 11.6. The second kappa shape index (κ2) is 5.24. The zero-order chi connectivity index (χ0) is 14.8. The van der Waals surface area contributed by atoms with Crippen molar-refractivity contribution in [2.75, 3.05) is 4.90 Å². The normalized spacial score (nSPS) is 10.6. The number of benzene rings is 1. The van der Waals surface area contributed by atoms with Crippen molar-refractivity contribution in [3.8, 4) is 11.3 Å². The summed E-state index contributed by atoms with van der Waals surface area (Å²) in [6, 6.07) is 11.2. The lowest BCUT2D eigenvalue weighted by Crippen LogP contribution is -2.15. The molecule has 0 radical (unpaired) electrons. The molecule has 0 atom stereocenters. The van der Waals surface area contributed by atoms with E-state index in [0.717, 1.165) is 5.56 Å². The second-order valence-electron chi connectivity index (χ2n) is 4.57. The number of carbonyl (C=O) groups excluding carboxylic acids is 1. The van der Waals surface area contributed by atoms with E-state index in [0.29, 0.717) is 35.1 Å². The van der Waals surface area contributed by atoms with Crippen LogP contribution >= 0.6 is 0 Å². The van der Waals surface area contributed by atoms with Gasteiger partial charge in [-0.15, -0.1) is 0 Å². The second-order valence-corrected chi connectivity index (χ2v) is 4.57. The molecular formula is C15H13N3O3. The van der Waals surface area contributed by atoms with Crippen LogP contribution in [0, 0.1) is 13.8 Å². The summed E-state index contributed by atoms with van der Waals surface area (Å²) in [7, 11) is 0. The van der Waals surface area contributed by atoms with Gasteiger partial charge in [0, 0.05) is 11.6 Å². The van der Waals surface area contributed by atoms with E-state index in [-0.39, 0.29) is 0 Å². The van der Waals surface area contributed by atoms with Gasteiger partial charge in [-0.1, -0.05) is 40.6 Å². The molecular weight excluding hydrogens is 270 g/mol. The van der Waals surface area contributed by atoms with Crippen LogP contribution in [0.5, 0.6) is 0 Å². The molecule has 2 heterocycles. The summed E-state index contributed by atoms with van der Waals surface area (Å²) < 4.78 is 10.3. The number of aryl methyl sites for hydroxylation is 2. The maximum absolute atomic E-state index is 11.5. The topological polar surface area (TPSA) is 72.4 Å². The highest BCUT2D eigenvalue weighted by Gasteiger charge is 2.23. The van der Waals surface area contributed by atoms with Crippen molar-refractivity contribution in [1.82, 2.24) is 10.3 Å². The van der Waals surface area contributed by atoms with Crippen molar-refractivity contribution in [2.24, 2.45) is 0 Å². The van der Waals surface area contributed by atoms with E-state index in [1.54, 1.807) is 19.9 Å². The van der Waals surface area contributed by atoms with Crippen LogP contribution in [0.3, 0.4) is 0 Å². The molecule has 0 aliphatic heterocycles. The van der Waals surface area contributed by atoms with Gasteiger partial charge >= 0.3 is 0 Å². The Bertz CT molecular complexity index is 762. The average Bonchev–Trinajstić information content (AvgIpc) is 3.09. The Morgan fingerprint density at radius 3 is 2.48 bits per heavy atom. The lowest BCUT2D eigenvalue weighted by atomic mass is 10.1. The fraction of sp³-hybridized carbons (Fsp3) is 0.133. The van der Waals surface area contributed by atoms with Gasteiger partial charge in [-0.3, -0.25) is 9.69 Å². The highest BCUT2D eigenvalue weighted by Crippen LogP contribution is 2.36. The summed E-state index contributed by atoms with van der Waals surface area (Å²) in [5.41, 5.74) is 2.00. The SMILES string of the molecule is Cc1cc(N(C=O)c2c(-c3ccccc3)noc2C)no1. The molecule has 0 N–H and O–H groups in total. The Hall–Kier alpha value is -2.89. The largest absolute Gasteiger partial charge is 0.360 e. The molecule has 6 heteroatoms. The minimum Gasteiger partial charge on any atom is -0.360 e. The van der Waals surface area contributed by atoms with Crippen LogP contribution in [0.1, 0.15) is 11.5 Å². The molecule has 0 saturated heterocycles. The summed E-state index contributed by atoms with van der Waals surface area (Å²) in [6.07, 6.45) is 0.670. The first-order valence-corrected chi connectivity index (χ1v) is 6.40. The maximum atomic E-state index is 11.5. The molecule has 0 saturated carbocycles. The number of anilines is 2. The number of amides is 1. The first-order valence-electron chi connectivity index (χ1n) is 6.40. The van der Waals surface area contributed by atoms with Crippen LogP contribution in [0.2, 0.25) is 0 Å². The van der Waals surface area contributed by atoms with Crippen molar-refractivity contribution in [1.29, 1.82) is 0 Å². The fourth-order valence-electron chi connectivity index (χ4n) is 2.12. The molecule has 6 nitrogen and oxygen atoms in total. The van der Waals surface area contributed by atoms with Gasteiger partial charge in [0.1, 0.15) is 17.1 Å². The third kappa shape index (κ3) is 2.31. The highest BCUT2D eigenvalue weighted by molar-refractivity contribution is 5.92. The first-order chi connectivity index (χ1) is 10.2. The fourth-order valence-corrected chi connectivity index (χ4v) is 2.12. The number of carbonyl (C=O) groups is 1. The molecule has 0 fully saturated rings. The number of rotatable bonds is 4. The Labute approximate surface area is 120 Å². The molecule has 21 heavy (non-hydrogen) atoms. The van der Waals surface area contributed by atoms with Gasteiger partial charge < -0.3 is 9.05 Å². The molecule has 0 spiro atoms. The average molecular weight is 283 g/mol. The zero-order valence-corrected chi connectivity index (χ0v) is 11.6. The van der Waals surface area contributed by atoms with Gasteiger partial charge in [0.25, 0.3) is 0 Å². The Kier molecular flexibility index (Phi) is 3.27. The van der Waals surface area contributed by atoms with E-state index in [4.69, 9.17) is 9.05 Å². The van der Waals surface area contributed by atoms with E-state index in [9.17, 15) is 4.79 Å². The van der Waals surface area contributed by atoms with E-state index < -0.39 is 0 Å². The maximum Gasteiger partial charge on any atom is 0.220 e. The minimum absolute atomic E-state index is 0.394. The Balaban J connectivity index is 2.13. The Morgan fingerprint density at radius 2 is 1.86 bits per heavy atom. The lowest BCUT2D eigenvalue weighted by Gasteiger charge is -2.13. The summed E-state index contributed by atoms with van der Waals surface area (Å²) in [6.45, 7) is 3.51. The van der Waals surface area contributed by atoms with Crippen LogP contribution in [-0.2, 0) is 4.79 Å². The molecule has 0 aliphatic carbocycles. The van der Waals surface area contributed by atoms with Crippen molar-refractivity contribution in [3.63, 3.8) is 0 Å². The molecule has 3 aromatic rings. The van der Waals surface area contributed by atoms with E-state index in [1.807, 2.05) is 30.3 Å². The number of nitrogens with zero attached hydrogens (tertiary/aromatic N) is 3. The van der Waals surface area contributed by atoms with Gasteiger partial charge in [0.05, 0.1) is 0 Å². The van der Waals surface area contributed by atoms with Gasteiger partial charge in [-0.25, -0.2) is 0 Å². The van der Waals surface area contributed by atoms with Gasteiger partial charge in [0.2, 0.25) is 6.41 Å². The number of aromatic nitrogens is 2. The summed E-state index contributed by atoms with van der Waals surface area (Å²) >= 11 is 0. The summed E-state index contributed by atoms with van der Waals surface area (Å²) in [4.78, 5) is 12.9. The third-order valence-electron chi connectivity index (χ3n) is 3.09. The first kappa shape index (κ1) is 13.1. The van der Waals surface area contributed by atoms with Crippen molar-refractivity contribution < 1.29 is 13.8 Å². The number of hydrogen-bond donors (Lipinski definition) is 0. The van der Waals surface area contributed by atoms with Gasteiger partial charge in [-0.2, -0.15) is 0 Å². The van der Waals surface area contributed by atoms with Crippen molar-refractivity contribution in [3.05, 3.63) is 47.9 Å².